The van der Waals surface area contributed by atoms with Crippen molar-refractivity contribution in [1.82, 2.24) is 10.1 Å². The fourth-order valence-electron chi connectivity index (χ4n) is 3.31. The fourth-order valence-corrected chi connectivity index (χ4v) is 4.51. The summed E-state index contributed by atoms with van der Waals surface area (Å²) in [6.45, 7) is 0. The number of para-hydroxylation sites is 1. The van der Waals surface area contributed by atoms with E-state index in [1.54, 1.807) is 7.11 Å². The van der Waals surface area contributed by atoms with E-state index in [2.05, 4.69) is 34.4 Å². The minimum atomic E-state index is 0.506. The summed E-state index contributed by atoms with van der Waals surface area (Å²) < 4.78 is 10.8. The molecule has 2 aromatic carbocycles. The van der Waals surface area contributed by atoms with Crippen LogP contribution in [-0.2, 0) is 12.2 Å². The molecule has 5 heteroatoms. The Hall–Kier alpha value is -2.27. The third-order valence-corrected chi connectivity index (χ3v) is 5.84. The van der Waals surface area contributed by atoms with E-state index < -0.39 is 0 Å². The molecule has 1 aliphatic carbocycles. The third kappa shape index (κ3) is 3.42. The van der Waals surface area contributed by atoms with Crippen LogP contribution in [0.3, 0.4) is 0 Å². The van der Waals surface area contributed by atoms with Gasteiger partial charge in [-0.05, 0) is 42.5 Å². The summed E-state index contributed by atoms with van der Waals surface area (Å²) in [5.41, 5.74) is 3.79. The first kappa shape index (κ1) is 16.2. The highest BCUT2D eigenvalue weighted by atomic mass is 32.2. The van der Waals surface area contributed by atoms with Crippen molar-refractivity contribution in [2.24, 2.45) is 0 Å². The second-order valence-electron chi connectivity index (χ2n) is 6.10. The van der Waals surface area contributed by atoms with Gasteiger partial charge in [0.1, 0.15) is 5.75 Å². The molecule has 1 unspecified atom stereocenters. The van der Waals surface area contributed by atoms with Crippen molar-refractivity contribution in [1.29, 1.82) is 0 Å². The van der Waals surface area contributed by atoms with Crippen LogP contribution < -0.4 is 4.74 Å². The van der Waals surface area contributed by atoms with Crippen LogP contribution >= 0.6 is 11.8 Å². The fraction of sp³-hybridized carbons (Fsp3) is 0.300. The zero-order valence-corrected chi connectivity index (χ0v) is 15.0. The summed E-state index contributed by atoms with van der Waals surface area (Å²) in [7, 11) is 1.65. The SMILES string of the molecule is COc1ccccc1-c1noc(CSC2CCCc3ccccc32)n1. The number of hydrogen-bond acceptors (Lipinski definition) is 5. The molecule has 0 amide bonds. The lowest BCUT2D eigenvalue weighted by Crippen LogP contribution is -2.07. The van der Waals surface area contributed by atoms with Gasteiger partial charge in [0.25, 0.3) is 0 Å². The van der Waals surface area contributed by atoms with Gasteiger partial charge in [0.2, 0.25) is 11.7 Å². The number of hydrogen-bond donors (Lipinski definition) is 0. The molecule has 1 atom stereocenters. The van der Waals surface area contributed by atoms with E-state index in [9.17, 15) is 0 Å². The number of aryl methyl sites for hydroxylation is 1. The maximum Gasteiger partial charge on any atom is 0.236 e. The van der Waals surface area contributed by atoms with Crippen LogP contribution in [-0.4, -0.2) is 17.3 Å². The summed E-state index contributed by atoms with van der Waals surface area (Å²) >= 11 is 1.88. The largest absolute Gasteiger partial charge is 0.496 e. The Morgan fingerprint density at radius 2 is 2.00 bits per heavy atom. The lowest BCUT2D eigenvalue weighted by atomic mass is 9.91. The summed E-state index contributed by atoms with van der Waals surface area (Å²) in [6.07, 6.45) is 3.63. The molecule has 0 radical (unpaired) electrons. The minimum absolute atomic E-state index is 0.506. The van der Waals surface area contributed by atoms with Gasteiger partial charge in [0.15, 0.2) is 0 Å². The highest BCUT2D eigenvalue weighted by molar-refractivity contribution is 7.98. The zero-order valence-electron chi connectivity index (χ0n) is 14.1. The smallest absolute Gasteiger partial charge is 0.236 e. The highest BCUT2D eigenvalue weighted by Gasteiger charge is 2.21. The van der Waals surface area contributed by atoms with E-state index in [0.29, 0.717) is 17.0 Å². The molecule has 0 saturated heterocycles. The molecular formula is C20H20N2O2S. The second-order valence-corrected chi connectivity index (χ2v) is 7.29. The van der Waals surface area contributed by atoms with Crippen LogP contribution in [0.5, 0.6) is 5.75 Å². The van der Waals surface area contributed by atoms with Crippen molar-refractivity contribution in [3.05, 3.63) is 65.5 Å². The molecule has 0 saturated carbocycles. The number of benzene rings is 2. The molecular weight excluding hydrogens is 332 g/mol. The van der Waals surface area contributed by atoms with E-state index in [-0.39, 0.29) is 0 Å². The van der Waals surface area contributed by atoms with Gasteiger partial charge in [-0.15, -0.1) is 11.8 Å². The summed E-state index contributed by atoms with van der Waals surface area (Å²) in [5.74, 6) is 2.72. The third-order valence-electron chi connectivity index (χ3n) is 4.54. The lowest BCUT2D eigenvalue weighted by molar-refractivity contribution is 0.390. The molecule has 1 aliphatic rings. The number of thioether (sulfide) groups is 1. The molecule has 1 heterocycles. The average molecular weight is 352 g/mol. The predicted octanol–water partition coefficient (Wildman–Crippen LogP) is 5.06. The molecule has 0 aliphatic heterocycles. The van der Waals surface area contributed by atoms with Crippen molar-refractivity contribution in [3.8, 4) is 17.1 Å². The molecule has 0 bridgehead atoms. The Morgan fingerprint density at radius 3 is 2.92 bits per heavy atom. The van der Waals surface area contributed by atoms with Crippen LogP contribution in [0, 0.1) is 0 Å². The highest BCUT2D eigenvalue weighted by Crippen LogP contribution is 2.41. The van der Waals surface area contributed by atoms with Crippen LogP contribution in [0.25, 0.3) is 11.4 Å². The first-order valence-electron chi connectivity index (χ1n) is 8.50. The van der Waals surface area contributed by atoms with Crippen LogP contribution in [0.15, 0.2) is 53.1 Å². The van der Waals surface area contributed by atoms with Gasteiger partial charge in [-0.25, -0.2) is 0 Å². The van der Waals surface area contributed by atoms with Crippen molar-refractivity contribution in [3.63, 3.8) is 0 Å². The van der Waals surface area contributed by atoms with E-state index >= 15 is 0 Å². The molecule has 0 N–H and O–H groups in total. The monoisotopic (exact) mass is 352 g/mol. The molecule has 0 spiro atoms. The van der Waals surface area contributed by atoms with E-state index in [1.807, 2.05) is 36.0 Å². The number of nitrogens with zero attached hydrogens (tertiary/aromatic N) is 2. The van der Waals surface area contributed by atoms with Crippen molar-refractivity contribution < 1.29 is 9.26 Å². The Bertz CT molecular complexity index is 862. The van der Waals surface area contributed by atoms with Gasteiger partial charge < -0.3 is 9.26 Å². The van der Waals surface area contributed by atoms with Crippen LogP contribution in [0.4, 0.5) is 0 Å². The summed E-state index contributed by atoms with van der Waals surface area (Å²) in [4.78, 5) is 4.55. The predicted molar refractivity (Wildman–Crippen MR) is 99.7 cm³/mol. The maximum absolute atomic E-state index is 5.46. The van der Waals surface area contributed by atoms with Crippen molar-refractivity contribution in [2.75, 3.05) is 7.11 Å². The van der Waals surface area contributed by atoms with Crippen LogP contribution in [0.1, 0.15) is 35.1 Å². The lowest BCUT2D eigenvalue weighted by Gasteiger charge is -2.24. The Labute approximate surface area is 151 Å². The Balaban J connectivity index is 1.48. The average Bonchev–Trinajstić information content (AvgIpc) is 3.15. The number of ether oxygens (including phenoxy) is 1. The van der Waals surface area contributed by atoms with E-state index in [4.69, 9.17) is 9.26 Å². The molecule has 1 aromatic heterocycles. The van der Waals surface area contributed by atoms with Gasteiger partial charge in [-0.2, -0.15) is 4.98 Å². The molecule has 4 rings (SSSR count). The van der Waals surface area contributed by atoms with Gasteiger partial charge in [0, 0.05) is 5.25 Å². The summed E-state index contributed by atoms with van der Waals surface area (Å²) in [5, 5.41) is 4.63. The molecule has 0 fully saturated rings. The number of fused-ring (bicyclic) bond motifs is 1. The van der Waals surface area contributed by atoms with Gasteiger partial charge >= 0.3 is 0 Å². The van der Waals surface area contributed by atoms with Crippen LogP contribution in [0.2, 0.25) is 0 Å². The Morgan fingerprint density at radius 1 is 1.16 bits per heavy atom. The van der Waals surface area contributed by atoms with Gasteiger partial charge in [0.05, 0.1) is 18.4 Å². The molecule has 3 aromatic rings. The minimum Gasteiger partial charge on any atom is -0.496 e. The molecule has 4 nitrogen and oxygen atoms in total. The van der Waals surface area contributed by atoms with Gasteiger partial charge in [-0.1, -0.05) is 41.6 Å². The first-order chi connectivity index (χ1) is 12.3. The molecule has 25 heavy (non-hydrogen) atoms. The number of methoxy groups -OCH3 is 1. The second kappa shape index (κ2) is 7.31. The van der Waals surface area contributed by atoms with Crippen molar-refractivity contribution >= 4 is 11.8 Å². The van der Waals surface area contributed by atoms with Crippen molar-refractivity contribution in [2.45, 2.75) is 30.3 Å². The number of aromatic nitrogens is 2. The summed E-state index contributed by atoms with van der Waals surface area (Å²) in [6, 6.07) is 16.5. The zero-order chi connectivity index (χ0) is 17.1. The van der Waals surface area contributed by atoms with Gasteiger partial charge in [-0.3, -0.25) is 0 Å². The Kier molecular flexibility index (Phi) is 4.74. The molecule has 128 valence electrons. The first-order valence-corrected chi connectivity index (χ1v) is 9.55. The van der Waals surface area contributed by atoms with E-state index in [0.717, 1.165) is 17.1 Å². The maximum atomic E-state index is 5.46. The topological polar surface area (TPSA) is 48.2 Å². The normalized spacial score (nSPS) is 16.4. The van der Waals surface area contributed by atoms with E-state index in [1.165, 1.54) is 30.4 Å². The number of rotatable bonds is 5. The quantitative estimate of drug-likeness (QED) is 0.642. The standard InChI is InChI=1S/C20H20N2O2S/c1-23-17-11-5-4-10-16(17)20-21-19(24-22-20)13-25-18-12-6-8-14-7-2-3-9-15(14)18/h2-5,7,9-11,18H,6,8,12-13H2,1H3.